The summed E-state index contributed by atoms with van der Waals surface area (Å²) in [6, 6.07) is 9.54. The van der Waals surface area contributed by atoms with Crippen LogP contribution in [-0.2, 0) is 20.9 Å². The van der Waals surface area contributed by atoms with Gasteiger partial charge in [0.2, 0.25) is 0 Å². The van der Waals surface area contributed by atoms with Gasteiger partial charge >= 0.3 is 12.0 Å². The fraction of sp³-hybridized carbons (Fsp3) is 0.316. The molecule has 1 atom stereocenters. The van der Waals surface area contributed by atoms with Crippen LogP contribution in [0.3, 0.4) is 0 Å². The fourth-order valence-corrected chi connectivity index (χ4v) is 2.60. The number of imide groups is 1. The number of hydrogen-bond acceptors (Lipinski definition) is 5. The number of ether oxygens (including phenoxy) is 1. The van der Waals surface area contributed by atoms with Gasteiger partial charge in [-0.25, -0.2) is 4.79 Å². The van der Waals surface area contributed by atoms with E-state index in [1.165, 1.54) is 6.26 Å². The molecule has 0 saturated carbocycles. The van der Waals surface area contributed by atoms with Crippen LogP contribution >= 0.6 is 11.6 Å². The van der Waals surface area contributed by atoms with Crippen LogP contribution in [0.1, 0.15) is 31.1 Å². The molecule has 0 radical (unpaired) electrons. The number of carbonyl (C=O) groups excluding carboxylic acids is 3. The quantitative estimate of drug-likeness (QED) is 0.705. The van der Waals surface area contributed by atoms with Gasteiger partial charge in [-0.3, -0.25) is 14.9 Å². The van der Waals surface area contributed by atoms with E-state index in [1.807, 2.05) is 13.8 Å². The number of urea groups is 1. The molecule has 3 amide bonds. The van der Waals surface area contributed by atoms with Gasteiger partial charge in [0.25, 0.3) is 5.91 Å². The van der Waals surface area contributed by atoms with Crippen LogP contribution in [0, 0.1) is 5.92 Å². The van der Waals surface area contributed by atoms with Gasteiger partial charge in [-0.15, -0.1) is 0 Å². The van der Waals surface area contributed by atoms with Gasteiger partial charge < -0.3 is 14.5 Å². The zero-order chi connectivity index (χ0) is 19.8. The van der Waals surface area contributed by atoms with Crippen LogP contribution in [0.5, 0.6) is 0 Å². The Bertz CT molecular complexity index is 772. The van der Waals surface area contributed by atoms with E-state index in [0.29, 0.717) is 10.8 Å². The number of hydrogen-bond donors (Lipinski definition) is 2. The van der Waals surface area contributed by atoms with Gasteiger partial charge in [0.15, 0.2) is 6.61 Å². The average molecular weight is 393 g/mol. The molecule has 0 aliphatic carbocycles. The lowest BCUT2D eigenvalue weighted by atomic mass is 9.88. The minimum absolute atomic E-state index is 0.0432. The molecule has 0 spiro atoms. The van der Waals surface area contributed by atoms with Crippen LogP contribution < -0.4 is 10.6 Å². The second-order valence-corrected chi connectivity index (χ2v) is 6.63. The smallest absolute Gasteiger partial charge is 0.321 e. The number of furan rings is 1. The van der Waals surface area contributed by atoms with Crippen molar-refractivity contribution >= 4 is 29.5 Å². The molecule has 2 aromatic rings. The first kappa shape index (κ1) is 20.5. The lowest BCUT2D eigenvalue weighted by molar-refractivity contribution is -0.150. The summed E-state index contributed by atoms with van der Waals surface area (Å²) < 4.78 is 10.1. The third-order valence-corrected chi connectivity index (χ3v) is 4.00. The van der Waals surface area contributed by atoms with Gasteiger partial charge in [-0.2, -0.15) is 0 Å². The van der Waals surface area contributed by atoms with Gasteiger partial charge in [0, 0.05) is 5.02 Å². The molecule has 2 rings (SSSR count). The maximum atomic E-state index is 12.4. The second kappa shape index (κ2) is 9.78. The third-order valence-electron chi connectivity index (χ3n) is 3.75. The zero-order valence-electron chi connectivity index (χ0n) is 15.0. The van der Waals surface area contributed by atoms with E-state index in [-0.39, 0.29) is 12.5 Å². The Kier molecular flexibility index (Phi) is 7.43. The number of esters is 1. The monoisotopic (exact) mass is 392 g/mol. The van der Waals surface area contributed by atoms with Crippen LogP contribution in [0.25, 0.3) is 0 Å². The SMILES string of the molecule is CC(C)[C@H](C(=O)OCC(=O)NC(=O)NCc1ccco1)c1ccc(Cl)cc1. The minimum atomic E-state index is -0.723. The lowest BCUT2D eigenvalue weighted by Gasteiger charge is -2.19. The van der Waals surface area contributed by atoms with E-state index >= 15 is 0 Å². The number of nitrogens with one attached hydrogen (secondary N) is 2. The number of carbonyl (C=O) groups is 3. The molecular weight excluding hydrogens is 372 g/mol. The Morgan fingerprint density at radius 3 is 2.44 bits per heavy atom. The van der Waals surface area contributed by atoms with E-state index in [2.05, 4.69) is 10.6 Å². The molecule has 1 aromatic carbocycles. The highest BCUT2D eigenvalue weighted by Gasteiger charge is 2.26. The van der Waals surface area contributed by atoms with Crippen LogP contribution in [0.15, 0.2) is 47.1 Å². The highest BCUT2D eigenvalue weighted by Crippen LogP contribution is 2.27. The largest absolute Gasteiger partial charge is 0.467 e. The summed E-state index contributed by atoms with van der Waals surface area (Å²) in [7, 11) is 0. The molecular formula is C19H21ClN2O5. The van der Waals surface area contributed by atoms with Gasteiger partial charge in [-0.05, 0) is 35.7 Å². The van der Waals surface area contributed by atoms with Crippen LogP contribution in [0.4, 0.5) is 4.79 Å². The summed E-state index contributed by atoms with van der Waals surface area (Å²) in [6.45, 7) is 3.34. The van der Waals surface area contributed by atoms with Crippen molar-refractivity contribution in [2.75, 3.05) is 6.61 Å². The first-order valence-electron chi connectivity index (χ1n) is 8.39. The summed E-state index contributed by atoms with van der Waals surface area (Å²) in [6.07, 6.45) is 1.48. The molecule has 0 fully saturated rings. The second-order valence-electron chi connectivity index (χ2n) is 6.19. The number of amides is 3. The zero-order valence-corrected chi connectivity index (χ0v) is 15.8. The predicted octanol–water partition coefficient (Wildman–Crippen LogP) is 3.24. The molecule has 27 heavy (non-hydrogen) atoms. The van der Waals surface area contributed by atoms with E-state index < -0.39 is 30.4 Å². The Morgan fingerprint density at radius 2 is 1.85 bits per heavy atom. The van der Waals surface area contributed by atoms with Crippen molar-refractivity contribution in [3.05, 3.63) is 59.0 Å². The number of halogens is 1. The summed E-state index contributed by atoms with van der Waals surface area (Å²) in [5.74, 6) is -1.30. The van der Waals surface area contributed by atoms with Gasteiger partial charge in [0.05, 0.1) is 18.7 Å². The van der Waals surface area contributed by atoms with Crippen molar-refractivity contribution in [2.45, 2.75) is 26.3 Å². The normalized spacial score (nSPS) is 11.7. The first-order valence-corrected chi connectivity index (χ1v) is 8.76. The van der Waals surface area contributed by atoms with Crippen molar-refractivity contribution in [2.24, 2.45) is 5.92 Å². The molecule has 0 aliphatic rings. The standard InChI is InChI=1S/C19H21ClN2O5/c1-12(2)17(13-5-7-14(20)8-6-13)18(24)27-11-16(23)22-19(25)21-10-15-4-3-9-26-15/h3-9,12,17H,10-11H2,1-2H3,(H2,21,22,23,25)/t17-/m0/s1. The highest BCUT2D eigenvalue weighted by atomic mass is 35.5. The third kappa shape index (κ3) is 6.45. The Hall–Kier alpha value is -2.80. The molecule has 144 valence electrons. The number of rotatable bonds is 7. The van der Waals surface area contributed by atoms with Crippen molar-refractivity contribution < 1.29 is 23.5 Å². The molecule has 8 heteroatoms. The molecule has 1 aromatic heterocycles. The minimum Gasteiger partial charge on any atom is -0.467 e. The lowest BCUT2D eigenvalue weighted by Crippen LogP contribution is -2.41. The first-order chi connectivity index (χ1) is 12.9. The van der Waals surface area contributed by atoms with Crippen molar-refractivity contribution in [3.63, 3.8) is 0 Å². The molecule has 0 bridgehead atoms. The summed E-state index contributed by atoms with van der Waals surface area (Å²) in [5, 5.41) is 5.11. The fourth-order valence-electron chi connectivity index (χ4n) is 2.48. The van der Waals surface area contributed by atoms with Crippen molar-refractivity contribution in [3.8, 4) is 0 Å². The van der Waals surface area contributed by atoms with Crippen LogP contribution in [-0.4, -0.2) is 24.5 Å². The van der Waals surface area contributed by atoms with Crippen molar-refractivity contribution in [1.29, 1.82) is 0 Å². The van der Waals surface area contributed by atoms with Gasteiger partial charge in [0.1, 0.15) is 5.76 Å². The predicted molar refractivity (Wildman–Crippen MR) is 99.1 cm³/mol. The van der Waals surface area contributed by atoms with E-state index in [1.54, 1.807) is 36.4 Å². The van der Waals surface area contributed by atoms with Crippen molar-refractivity contribution in [1.82, 2.24) is 10.6 Å². The molecule has 1 heterocycles. The Balaban J connectivity index is 1.82. The van der Waals surface area contributed by atoms with Gasteiger partial charge in [-0.1, -0.05) is 37.6 Å². The summed E-state index contributed by atoms with van der Waals surface area (Å²) in [4.78, 5) is 35.8. The Labute approximate surface area is 162 Å². The van der Waals surface area contributed by atoms with E-state index in [4.69, 9.17) is 20.8 Å². The van der Waals surface area contributed by atoms with E-state index in [9.17, 15) is 14.4 Å². The topological polar surface area (TPSA) is 97.6 Å². The molecule has 2 N–H and O–H groups in total. The maximum absolute atomic E-state index is 12.4. The summed E-state index contributed by atoms with van der Waals surface area (Å²) >= 11 is 5.87. The van der Waals surface area contributed by atoms with Crippen LogP contribution in [0.2, 0.25) is 5.02 Å². The van der Waals surface area contributed by atoms with E-state index in [0.717, 1.165) is 5.56 Å². The molecule has 0 unspecified atom stereocenters. The molecule has 0 saturated heterocycles. The average Bonchev–Trinajstić information content (AvgIpc) is 3.13. The number of benzene rings is 1. The Morgan fingerprint density at radius 1 is 1.15 bits per heavy atom. The molecule has 0 aliphatic heterocycles. The maximum Gasteiger partial charge on any atom is 0.321 e. The highest BCUT2D eigenvalue weighted by molar-refractivity contribution is 6.30. The summed E-state index contributed by atoms with van der Waals surface area (Å²) in [5.41, 5.74) is 0.746. The molecule has 7 nitrogen and oxygen atoms in total.